The molecule has 1 saturated carbocycles. The Kier molecular flexibility index (Phi) is 5.26. The fraction of sp³-hybridized carbons (Fsp3) is 0.692. The molecule has 0 aliphatic heterocycles. The van der Waals surface area contributed by atoms with Gasteiger partial charge in [-0.15, -0.1) is 0 Å². The Hall–Kier alpha value is -1.96. The van der Waals surface area contributed by atoms with E-state index in [1.807, 2.05) is 0 Å². The Labute approximate surface area is 122 Å². The summed E-state index contributed by atoms with van der Waals surface area (Å²) in [7, 11) is 0. The maximum absolute atomic E-state index is 11.7. The molecule has 1 aliphatic carbocycles. The third-order valence-electron chi connectivity index (χ3n) is 3.81. The lowest BCUT2D eigenvalue weighted by atomic mass is 9.87. The quantitative estimate of drug-likeness (QED) is 0.597. The fourth-order valence-corrected chi connectivity index (χ4v) is 2.49. The standard InChI is InChI=1S/C13H20N4O4/c18-11-3-1-10(2-4-11)7-14-13(19)5-6-16-8-12(15-9-16)17(20)21/h8-11,18H,1-7H2,(H,14,19). The molecule has 21 heavy (non-hydrogen) atoms. The molecule has 1 aromatic rings. The highest BCUT2D eigenvalue weighted by atomic mass is 16.6. The Morgan fingerprint density at radius 3 is 2.81 bits per heavy atom. The number of nitrogens with zero attached hydrogens (tertiary/aromatic N) is 3. The van der Waals surface area contributed by atoms with Crippen LogP contribution in [0.25, 0.3) is 0 Å². The van der Waals surface area contributed by atoms with Crippen molar-refractivity contribution in [3.05, 3.63) is 22.6 Å². The molecule has 0 unspecified atom stereocenters. The van der Waals surface area contributed by atoms with Gasteiger partial charge in [-0.25, -0.2) is 0 Å². The van der Waals surface area contributed by atoms with Gasteiger partial charge >= 0.3 is 5.82 Å². The summed E-state index contributed by atoms with van der Waals surface area (Å²) in [5, 5.41) is 22.8. The monoisotopic (exact) mass is 296 g/mol. The van der Waals surface area contributed by atoms with Gasteiger partial charge in [0.05, 0.1) is 6.10 Å². The van der Waals surface area contributed by atoms with Crippen LogP contribution in [-0.2, 0) is 11.3 Å². The van der Waals surface area contributed by atoms with E-state index in [0.29, 0.717) is 19.0 Å². The van der Waals surface area contributed by atoms with Crippen LogP contribution in [0.5, 0.6) is 0 Å². The molecule has 116 valence electrons. The molecule has 1 aromatic heterocycles. The van der Waals surface area contributed by atoms with Crippen LogP contribution >= 0.6 is 0 Å². The van der Waals surface area contributed by atoms with Crippen LogP contribution in [0.4, 0.5) is 5.82 Å². The molecule has 2 N–H and O–H groups in total. The lowest BCUT2D eigenvalue weighted by Gasteiger charge is -2.25. The largest absolute Gasteiger partial charge is 0.393 e. The number of aryl methyl sites for hydroxylation is 1. The van der Waals surface area contributed by atoms with Crippen molar-refractivity contribution in [2.45, 2.75) is 44.8 Å². The minimum Gasteiger partial charge on any atom is -0.393 e. The lowest BCUT2D eigenvalue weighted by molar-refractivity contribution is -0.389. The topological polar surface area (TPSA) is 110 Å². The smallest absolute Gasteiger partial charge is 0.381 e. The van der Waals surface area contributed by atoms with Gasteiger partial charge in [0.25, 0.3) is 0 Å². The fourth-order valence-electron chi connectivity index (χ4n) is 2.49. The van der Waals surface area contributed by atoms with Gasteiger partial charge in [-0.2, -0.15) is 0 Å². The average Bonchev–Trinajstić information content (AvgIpc) is 2.93. The third kappa shape index (κ3) is 4.82. The van der Waals surface area contributed by atoms with Gasteiger partial charge in [-0.05, 0) is 41.5 Å². The van der Waals surface area contributed by atoms with Crippen molar-refractivity contribution in [1.29, 1.82) is 0 Å². The van der Waals surface area contributed by atoms with Gasteiger partial charge in [-0.3, -0.25) is 4.79 Å². The van der Waals surface area contributed by atoms with E-state index in [0.717, 1.165) is 25.7 Å². The SMILES string of the molecule is O=C(CCn1cnc([N+](=O)[O-])c1)NCC1CCC(O)CC1. The van der Waals surface area contributed by atoms with Crippen molar-refractivity contribution in [1.82, 2.24) is 14.9 Å². The summed E-state index contributed by atoms with van der Waals surface area (Å²) in [4.78, 5) is 25.3. The van der Waals surface area contributed by atoms with Crippen molar-refractivity contribution in [3.63, 3.8) is 0 Å². The van der Waals surface area contributed by atoms with Crippen molar-refractivity contribution >= 4 is 11.7 Å². The van der Waals surface area contributed by atoms with Crippen molar-refractivity contribution in [2.75, 3.05) is 6.54 Å². The van der Waals surface area contributed by atoms with E-state index in [1.54, 1.807) is 0 Å². The Morgan fingerprint density at radius 1 is 1.48 bits per heavy atom. The normalized spacial score (nSPS) is 22.0. The molecular formula is C13H20N4O4. The van der Waals surface area contributed by atoms with Crippen LogP contribution in [0.15, 0.2) is 12.5 Å². The maximum atomic E-state index is 11.7. The minimum atomic E-state index is -0.561. The molecule has 8 nitrogen and oxygen atoms in total. The number of imidazole rings is 1. The van der Waals surface area contributed by atoms with Gasteiger partial charge in [0, 0.05) is 19.5 Å². The Bertz CT molecular complexity index is 494. The molecule has 1 amide bonds. The molecule has 1 fully saturated rings. The number of aliphatic hydroxyl groups excluding tert-OH is 1. The summed E-state index contributed by atoms with van der Waals surface area (Å²) in [6.07, 6.45) is 6.24. The summed E-state index contributed by atoms with van der Waals surface area (Å²) < 4.78 is 1.54. The van der Waals surface area contributed by atoms with E-state index < -0.39 is 4.92 Å². The zero-order chi connectivity index (χ0) is 15.2. The van der Waals surface area contributed by atoms with E-state index in [2.05, 4.69) is 10.3 Å². The molecule has 2 rings (SSSR count). The molecule has 0 spiro atoms. The summed E-state index contributed by atoms with van der Waals surface area (Å²) in [5.41, 5.74) is 0. The molecular weight excluding hydrogens is 276 g/mol. The molecule has 8 heteroatoms. The highest BCUT2D eigenvalue weighted by Gasteiger charge is 2.19. The number of aromatic nitrogens is 2. The predicted molar refractivity (Wildman–Crippen MR) is 74.5 cm³/mol. The summed E-state index contributed by atoms with van der Waals surface area (Å²) in [6.45, 7) is 1.01. The van der Waals surface area contributed by atoms with Gasteiger partial charge < -0.3 is 25.1 Å². The number of aliphatic hydroxyl groups is 1. The highest BCUT2D eigenvalue weighted by Crippen LogP contribution is 2.23. The molecule has 0 saturated heterocycles. The third-order valence-corrected chi connectivity index (χ3v) is 3.81. The zero-order valence-electron chi connectivity index (χ0n) is 11.8. The van der Waals surface area contributed by atoms with E-state index in [1.165, 1.54) is 17.1 Å². The van der Waals surface area contributed by atoms with Crippen LogP contribution < -0.4 is 5.32 Å². The van der Waals surface area contributed by atoms with Crippen LogP contribution in [0, 0.1) is 16.0 Å². The van der Waals surface area contributed by atoms with Gasteiger partial charge in [0.1, 0.15) is 6.20 Å². The molecule has 0 bridgehead atoms. The average molecular weight is 296 g/mol. The van der Waals surface area contributed by atoms with Gasteiger partial charge in [0.2, 0.25) is 12.2 Å². The second kappa shape index (κ2) is 7.16. The molecule has 1 heterocycles. The zero-order valence-corrected chi connectivity index (χ0v) is 11.8. The summed E-state index contributed by atoms with van der Waals surface area (Å²) >= 11 is 0. The number of hydrogen-bond acceptors (Lipinski definition) is 5. The minimum absolute atomic E-state index is 0.0718. The lowest BCUT2D eigenvalue weighted by Crippen LogP contribution is -2.32. The van der Waals surface area contributed by atoms with Gasteiger partial charge in [-0.1, -0.05) is 0 Å². The predicted octanol–water partition coefficient (Wildman–Crippen LogP) is 0.849. The van der Waals surface area contributed by atoms with E-state index >= 15 is 0 Å². The number of hydrogen-bond donors (Lipinski definition) is 2. The van der Waals surface area contributed by atoms with Crippen LogP contribution in [-0.4, -0.2) is 38.1 Å². The number of carbonyl (C=O) groups is 1. The number of nitrogens with one attached hydrogen (secondary N) is 1. The first-order valence-corrected chi connectivity index (χ1v) is 7.15. The van der Waals surface area contributed by atoms with Crippen LogP contribution in [0.3, 0.4) is 0 Å². The van der Waals surface area contributed by atoms with Gasteiger partial charge in [0.15, 0.2) is 0 Å². The molecule has 1 aliphatic rings. The molecule has 0 radical (unpaired) electrons. The Balaban J connectivity index is 1.66. The van der Waals surface area contributed by atoms with Crippen molar-refractivity contribution in [2.24, 2.45) is 5.92 Å². The summed E-state index contributed by atoms with van der Waals surface area (Å²) in [5.74, 6) is 0.153. The first-order chi connectivity index (χ1) is 10.0. The van der Waals surface area contributed by atoms with Crippen LogP contribution in [0.2, 0.25) is 0 Å². The van der Waals surface area contributed by atoms with Crippen molar-refractivity contribution in [3.8, 4) is 0 Å². The van der Waals surface area contributed by atoms with E-state index in [4.69, 9.17) is 0 Å². The highest BCUT2D eigenvalue weighted by molar-refractivity contribution is 5.75. The van der Waals surface area contributed by atoms with Crippen molar-refractivity contribution < 1.29 is 14.8 Å². The summed E-state index contributed by atoms with van der Waals surface area (Å²) in [6, 6.07) is 0. The van der Waals surface area contributed by atoms with E-state index in [-0.39, 0.29) is 24.2 Å². The number of amides is 1. The number of rotatable bonds is 6. The Morgan fingerprint density at radius 2 is 2.19 bits per heavy atom. The van der Waals surface area contributed by atoms with Crippen LogP contribution in [0.1, 0.15) is 32.1 Å². The first kappa shape index (κ1) is 15.4. The number of carbonyl (C=O) groups excluding carboxylic acids is 1. The maximum Gasteiger partial charge on any atom is 0.381 e. The second-order valence-corrected chi connectivity index (χ2v) is 5.46. The number of nitro groups is 1. The van der Waals surface area contributed by atoms with E-state index in [9.17, 15) is 20.0 Å². The molecule has 0 atom stereocenters. The second-order valence-electron chi connectivity index (χ2n) is 5.46. The molecule has 0 aromatic carbocycles. The first-order valence-electron chi connectivity index (χ1n) is 7.15.